The van der Waals surface area contributed by atoms with Crippen LogP contribution in [0.25, 0.3) is 6.08 Å². The average Bonchev–Trinajstić information content (AvgIpc) is 2.36. The molecule has 0 aromatic heterocycles. The molecule has 3 heteroatoms. The second kappa shape index (κ2) is 4.46. The standard InChI is InChI=1S/C14H16BrNO/c15-12-4-2-1-3-11(12)9-13-14(17)10-5-7-16(13)8-6-10/h1-4,9-10,14,17H,5-8H2/b13-9-/t14-/m0/s1. The molecule has 0 spiro atoms. The average molecular weight is 294 g/mol. The van der Waals surface area contributed by atoms with Gasteiger partial charge < -0.3 is 10.0 Å². The van der Waals surface area contributed by atoms with Crippen molar-refractivity contribution in [1.29, 1.82) is 0 Å². The Bertz CT molecular complexity index is 445. The summed E-state index contributed by atoms with van der Waals surface area (Å²) in [7, 11) is 0. The summed E-state index contributed by atoms with van der Waals surface area (Å²) in [6, 6.07) is 8.15. The van der Waals surface area contributed by atoms with Crippen molar-refractivity contribution < 1.29 is 5.11 Å². The van der Waals surface area contributed by atoms with Crippen molar-refractivity contribution in [3.8, 4) is 0 Å². The van der Waals surface area contributed by atoms with Gasteiger partial charge in [0.05, 0.1) is 6.10 Å². The van der Waals surface area contributed by atoms with Gasteiger partial charge in [-0.3, -0.25) is 0 Å². The van der Waals surface area contributed by atoms with E-state index in [9.17, 15) is 5.11 Å². The van der Waals surface area contributed by atoms with E-state index in [0.717, 1.165) is 41.7 Å². The van der Waals surface area contributed by atoms with E-state index in [-0.39, 0.29) is 6.10 Å². The lowest BCUT2D eigenvalue weighted by Crippen LogP contribution is -2.48. The molecular weight excluding hydrogens is 278 g/mol. The first-order valence-electron chi connectivity index (χ1n) is 6.15. The van der Waals surface area contributed by atoms with Gasteiger partial charge in [0.2, 0.25) is 0 Å². The van der Waals surface area contributed by atoms with Gasteiger partial charge in [0.15, 0.2) is 0 Å². The van der Waals surface area contributed by atoms with Crippen molar-refractivity contribution in [2.45, 2.75) is 18.9 Å². The maximum absolute atomic E-state index is 10.3. The van der Waals surface area contributed by atoms with E-state index in [0.29, 0.717) is 5.92 Å². The number of aliphatic hydroxyl groups excluding tert-OH is 1. The zero-order chi connectivity index (χ0) is 11.8. The second-order valence-corrected chi connectivity index (χ2v) is 5.71. The molecule has 1 atom stereocenters. The Hall–Kier alpha value is -0.800. The Kier molecular flexibility index (Phi) is 2.97. The third-order valence-corrected chi connectivity index (χ3v) is 4.59. The highest BCUT2D eigenvalue weighted by Gasteiger charge is 2.36. The third-order valence-electron chi connectivity index (χ3n) is 3.86. The van der Waals surface area contributed by atoms with Crippen molar-refractivity contribution in [3.05, 3.63) is 40.0 Å². The van der Waals surface area contributed by atoms with Crippen molar-refractivity contribution in [2.75, 3.05) is 13.1 Å². The van der Waals surface area contributed by atoms with E-state index in [1.807, 2.05) is 18.2 Å². The Labute approximate surface area is 110 Å². The molecule has 3 heterocycles. The summed E-state index contributed by atoms with van der Waals surface area (Å²) in [5.41, 5.74) is 2.24. The van der Waals surface area contributed by atoms with Crippen LogP contribution < -0.4 is 0 Å². The van der Waals surface area contributed by atoms with E-state index in [4.69, 9.17) is 0 Å². The zero-order valence-electron chi connectivity index (χ0n) is 9.64. The summed E-state index contributed by atoms with van der Waals surface area (Å²) in [6.45, 7) is 2.19. The SMILES string of the molecule is O[C@@H]1/C(=C/c2ccccc2Br)N2CCC1CC2. The van der Waals surface area contributed by atoms with Gasteiger partial charge in [0.1, 0.15) is 0 Å². The highest BCUT2D eigenvalue weighted by atomic mass is 79.9. The van der Waals surface area contributed by atoms with Gasteiger partial charge in [-0.1, -0.05) is 34.1 Å². The maximum Gasteiger partial charge on any atom is 0.0965 e. The second-order valence-electron chi connectivity index (χ2n) is 4.86. The van der Waals surface area contributed by atoms with Crippen LogP contribution in [0.2, 0.25) is 0 Å². The van der Waals surface area contributed by atoms with Gasteiger partial charge in [-0.15, -0.1) is 0 Å². The molecule has 2 bridgehead atoms. The molecule has 0 aliphatic carbocycles. The fourth-order valence-electron chi connectivity index (χ4n) is 2.83. The van der Waals surface area contributed by atoms with Crippen LogP contribution in [0.15, 0.2) is 34.4 Å². The van der Waals surface area contributed by atoms with Gasteiger partial charge >= 0.3 is 0 Å². The number of rotatable bonds is 1. The van der Waals surface area contributed by atoms with Crippen LogP contribution in [0.5, 0.6) is 0 Å². The number of benzene rings is 1. The highest BCUT2D eigenvalue weighted by molar-refractivity contribution is 9.10. The van der Waals surface area contributed by atoms with E-state index in [1.165, 1.54) is 0 Å². The quantitative estimate of drug-likeness (QED) is 0.861. The lowest BCUT2D eigenvalue weighted by atomic mass is 9.83. The fraction of sp³-hybridized carbons (Fsp3) is 0.429. The van der Waals surface area contributed by atoms with Gasteiger partial charge in [-0.25, -0.2) is 0 Å². The summed E-state index contributed by atoms with van der Waals surface area (Å²) in [4.78, 5) is 2.32. The largest absolute Gasteiger partial charge is 0.387 e. The third kappa shape index (κ3) is 2.02. The summed E-state index contributed by atoms with van der Waals surface area (Å²) in [5.74, 6) is 0.466. The van der Waals surface area contributed by atoms with Crippen molar-refractivity contribution in [1.82, 2.24) is 4.90 Å². The number of hydrogen-bond acceptors (Lipinski definition) is 2. The molecule has 1 aromatic carbocycles. The number of halogens is 1. The molecule has 0 saturated carbocycles. The first-order valence-corrected chi connectivity index (χ1v) is 6.94. The van der Waals surface area contributed by atoms with Crippen LogP contribution in [0.3, 0.4) is 0 Å². The normalized spacial score (nSPS) is 30.0. The predicted octanol–water partition coefficient (Wildman–Crippen LogP) is 2.88. The van der Waals surface area contributed by atoms with Gasteiger partial charge in [0.25, 0.3) is 0 Å². The van der Waals surface area contributed by atoms with Gasteiger partial charge in [-0.05, 0) is 36.5 Å². The summed E-state index contributed by atoms with van der Waals surface area (Å²) in [6.07, 6.45) is 4.12. The molecule has 4 rings (SSSR count). The summed E-state index contributed by atoms with van der Waals surface area (Å²) in [5, 5.41) is 10.3. The first-order chi connectivity index (χ1) is 8.25. The van der Waals surface area contributed by atoms with E-state index in [1.54, 1.807) is 0 Å². The molecule has 1 aromatic rings. The predicted molar refractivity (Wildman–Crippen MR) is 72.4 cm³/mol. The Morgan fingerprint density at radius 2 is 1.94 bits per heavy atom. The fourth-order valence-corrected chi connectivity index (χ4v) is 3.23. The molecule has 0 unspecified atom stereocenters. The van der Waals surface area contributed by atoms with E-state index >= 15 is 0 Å². The smallest absolute Gasteiger partial charge is 0.0965 e. The Morgan fingerprint density at radius 1 is 1.24 bits per heavy atom. The number of aliphatic hydroxyl groups is 1. The lowest BCUT2D eigenvalue weighted by molar-refractivity contribution is 0.0215. The number of nitrogens with zero attached hydrogens (tertiary/aromatic N) is 1. The minimum Gasteiger partial charge on any atom is -0.387 e. The Balaban J connectivity index is 1.96. The van der Waals surface area contributed by atoms with Crippen LogP contribution in [0, 0.1) is 5.92 Å². The topological polar surface area (TPSA) is 23.5 Å². The van der Waals surface area contributed by atoms with Crippen molar-refractivity contribution in [3.63, 3.8) is 0 Å². The van der Waals surface area contributed by atoms with Crippen LogP contribution in [0.1, 0.15) is 18.4 Å². The molecule has 3 aliphatic heterocycles. The summed E-state index contributed by atoms with van der Waals surface area (Å²) >= 11 is 3.55. The van der Waals surface area contributed by atoms with Crippen molar-refractivity contribution in [2.24, 2.45) is 5.92 Å². The van der Waals surface area contributed by atoms with Crippen molar-refractivity contribution >= 4 is 22.0 Å². The lowest BCUT2D eigenvalue weighted by Gasteiger charge is -2.46. The van der Waals surface area contributed by atoms with Crippen LogP contribution in [-0.2, 0) is 0 Å². The first kappa shape index (κ1) is 11.3. The molecule has 0 amide bonds. The van der Waals surface area contributed by atoms with E-state index < -0.39 is 0 Å². The van der Waals surface area contributed by atoms with Gasteiger partial charge in [-0.2, -0.15) is 0 Å². The monoisotopic (exact) mass is 293 g/mol. The van der Waals surface area contributed by atoms with Crippen LogP contribution in [0.4, 0.5) is 0 Å². The van der Waals surface area contributed by atoms with Crippen LogP contribution in [-0.4, -0.2) is 29.2 Å². The molecule has 3 fully saturated rings. The van der Waals surface area contributed by atoms with E-state index in [2.05, 4.69) is 33.0 Å². The zero-order valence-corrected chi connectivity index (χ0v) is 11.2. The minimum atomic E-state index is -0.274. The molecule has 2 nitrogen and oxygen atoms in total. The number of piperidine rings is 3. The number of fused-ring (bicyclic) bond motifs is 3. The molecule has 3 aliphatic rings. The highest BCUT2D eigenvalue weighted by Crippen LogP contribution is 2.36. The minimum absolute atomic E-state index is 0.274. The summed E-state index contributed by atoms with van der Waals surface area (Å²) < 4.78 is 1.09. The maximum atomic E-state index is 10.3. The number of hydrogen-bond donors (Lipinski definition) is 1. The molecule has 17 heavy (non-hydrogen) atoms. The van der Waals surface area contributed by atoms with Gasteiger partial charge in [0, 0.05) is 23.3 Å². The molecular formula is C14H16BrNO. The molecule has 3 saturated heterocycles. The van der Waals surface area contributed by atoms with Crippen LogP contribution >= 0.6 is 15.9 Å². The molecule has 1 N–H and O–H groups in total. The molecule has 0 radical (unpaired) electrons. The Morgan fingerprint density at radius 3 is 2.59 bits per heavy atom. The molecule has 90 valence electrons.